The average molecular weight is 442 g/mol. The van der Waals surface area contributed by atoms with Gasteiger partial charge in [-0.3, -0.25) is 4.79 Å². The lowest BCUT2D eigenvalue weighted by atomic mass is 9.87. The Labute approximate surface area is 188 Å². The number of carbonyl (C=O) groups excluding carboxylic acids is 2. The smallest absolute Gasteiger partial charge is 0.321 e. The van der Waals surface area contributed by atoms with Crippen molar-refractivity contribution in [2.24, 2.45) is 0 Å². The van der Waals surface area contributed by atoms with E-state index in [0.717, 1.165) is 5.56 Å². The average Bonchev–Trinajstić information content (AvgIpc) is 3.12. The predicted octanol–water partition coefficient (Wildman–Crippen LogP) is 4.73. The molecule has 166 valence electrons. The van der Waals surface area contributed by atoms with E-state index in [1.165, 1.54) is 5.56 Å². The van der Waals surface area contributed by atoms with Crippen LogP contribution in [0.1, 0.15) is 37.3 Å². The quantitative estimate of drug-likeness (QED) is 0.704. The molecule has 1 N–H and O–H groups in total. The first kappa shape index (κ1) is 23.0. The fourth-order valence-electron chi connectivity index (χ4n) is 3.44. The maximum atomic E-state index is 12.6. The van der Waals surface area contributed by atoms with Gasteiger partial charge in [-0.25, -0.2) is 4.79 Å². The van der Waals surface area contributed by atoms with Crippen LogP contribution in [0.25, 0.3) is 0 Å². The molecule has 2 aromatic carbocycles. The monoisotopic (exact) mass is 441 g/mol. The number of anilines is 1. The molecule has 1 saturated heterocycles. The number of likely N-dealkylation sites (N-methyl/N-ethyl adjacent to an activating group) is 1. The van der Waals surface area contributed by atoms with Crippen LogP contribution in [0, 0.1) is 0 Å². The van der Waals surface area contributed by atoms with E-state index in [2.05, 4.69) is 50.4 Å². The first-order valence-electron chi connectivity index (χ1n) is 10.4. The van der Waals surface area contributed by atoms with Crippen molar-refractivity contribution in [3.63, 3.8) is 0 Å². The number of hydrogen-bond donors (Lipinski definition) is 1. The van der Waals surface area contributed by atoms with Gasteiger partial charge in [0.2, 0.25) is 5.91 Å². The largest absolute Gasteiger partial charge is 0.495 e. The van der Waals surface area contributed by atoms with Gasteiger partial charge in [0.1, 0.15) is 11.1 Å². The summed E-state index contributed by atoms with van der Waals surface area (Å²) in [4.78, 5) is 28.6. The van der Waals surface area contributed by atoms with Gasteiger partial charge in [-0.05, 0) is 28.7 Å². The summed E-state index contributed by atoms with van der Waals surface area (Å²) in [5, 5.41) is 2.84. The first-order valence-corrected chi connectivity index (χ1v) is 11.4. The molecule has 0 radical (unpaired) electrons. The lowest BCUT2D eigenvalue weighted by Gasteiger charge is -2.28. The number of rotatable bonds is 6. The zero-order valence-electron chi connectivity index (χ0n) is 18.8. The molecular weight excluding hydrogens is 410 g/mol. The highest BCUT2D eigenvalue weighted by molar-refractivity contribution is 8.00. The number of thioether (sulfide) groups is 1. The van der Waals surface area contributed by atoms with E-state index in [0.29, 0.717) is 30.3 Å². The van der Waals surface area contributed by atoms with Gasteiger partial charge in [0.05, 0.1) is 18.6 Å². The summed E-state index contributed by atoms with van der Waals surface area (Å²) in [5.74, 6) is 1.17. The van der Waals surface area contributed by atoms with Crippen LogP contribution in [0.2, 0.25) is 0 Å². The summed E-state index contributed by atoms with van der Waals surface area (Å²) in [5.41, 5.74) is 3.09. The Kier molecular flexibility index (Phi) is 7.15. The molecule has 0 aliphatic carbocycles. The highest BCUT2D eigenvalue weighted by atomic mass is 32.2. The summed E-state index contributed by atoms with van der Waals surface area (Å²) >= 11 is 1.63. The van der Waals surface area contributed by atoms with Crippen LogP contribution in [0.5, 0.6) is 5.75 Å². The number of nitrogens with zero attached hydrogens (tertiary/aromatic N) is 2. The number of methoxy groups -OCH3 is 1. The summed E-state index contributed by atoms with van der Waals surface area (Å²) in [6, 6.07) is 15.6. The minimum Gasteiger partial charge on any atom is -0.495 e. The fourth-order valence-corrected chi connectivity index (χ4v) is 4.66. The number of hydrogen-bond acceptors (Lipinski definition) is 4. The van der Waals surface area contributed by atoms with Crippen LogP contribution in [0.3, 0.4) is 0 Å². The Morgan fingerprint density at radius 3 is 2.52 bits per heavy atom. The zero-order chi connectivity index (χ0) is 22.6. The van der Waals surface area contributed by atoms with Gasteiger partial charge in [-0.2, -0.15) is 0 Å². The second-order valence-corrected chi connectivity index (χ2v) is 9.74. The van der Waals surface area contributed by atoms with E-state index < -0.39 is 0 Å². The number of carbonyl (C=O) groups is 2. The molecule has 1 heterocycles. The van der Waals surface area contributed by atoms with Crippen molar-refractivity contribution in [2.45, 2.75) is 31.6 Å². The van der Waals surface area contributed by atoms with Crippen LogP contribution in [-0.2, 0) is 10.2 Å². The summed E-state index contributed by atoms with van der Waals surface area (Å²) in [6.07, 6.45) is 0. The van der Waals surface area contributed by atoms with Crippen LogP contribution < -0.4 is 10.1 Å². The normalized spacial score (nSPS) is 16.4. The fraction of sp³-hybridized carbons (Fsp3) is 0.417. The van der Waals surface area contributed by atoms with Crippen LogP contribution in [0.15, 0.2) is 48.5 Å². The van der Waals surface area contributed by atoms with Gasteiger partial charge in [0.15, 0.2) is 0 Å². The van der Waals surface area contributed by atoms with Crippen LogP contribution >= 0.6 is 11.8 Å². The van der Waals surface area contributed by atoms with Crippen molar-refractivity contribution in [1.29, 1.82) is 0 Å². The molecule has 0 saturated carbocycles. The molecule has 31 heavy (non-hydrogen) atoms. The van der Waals surface area contributed by atoms with Crippen molar-refractivity contribution in [1.82, 2.24) is 9.80 Å². The SMILES string of the molecule is COc1ccccc1NC(=O)N(C)CCN1C(=O)CSC1c1ccc(C(C)(C)C)cc1. The lowest BCUT2D eigenvalue weighted by Crippen LogP contribution is -2.39. The van der Waals surface area contributed by atoms with Gasteiger partial charge in [0.25, 0.3) is 0 Å². The second-order valence-electron chi connectivity index (χ2n) is 8.67. The molecule has 0 bridgehead atoms. The number of nitrogens with one attached hydrogen (secondary N) is 1. The van der Waals surface area contributed by atoms with Gasteiger partial charge >= 0.3 is 6.03 Å². The molecule has 1 aliphatic rings. The number of benzene rings is 2. The number of para-hydroxylation sites is 2. The van der Waals surface area contributed by atoms with Crippen LogP contribution in [0.4, 0.5) is 10.5 Å². The number of urea groups is 1. The number of amides is 3. The van der Waals surface area contributed by atoms with Gasteiger partial charge < -0.3 is 19.9 Å². The van der Waals surface area contributed by atoms with E-state index in [9.17, 15) is 9.59 Å². The minimum atomic E-state index is -0.241. The highest BCUT2D eigenvalue weighted by Gasteiger charge is 2.33. The molecule has 7 heteroatoms. The summed E-state index contributed by atoms with van der Waals surface area (Å²) in [6.45, 7) is 7.48. The van der Waals surface area contributed by atoms with Crippen molar-refractivity contribution in [3.05, 3.63) is 59.7 Å². The van der Waals surface area contributed by atoms with E-state index >= 15 is 0 Å². The topological polar surface area (TPSA) is 61.9 Å². The Morgan fingerprint density at radius 1 is 1.19 bits per heavy atom. The van der Waals surface area contributed by atoms with Crippen molar-refractivity contribution in [3.8, 4) is 5.75 Å². The lowest BCUT2D eigenvalue weighted by molar-refractivity contribution is -0.128. The molecule has 3 rings (SSSR count). The Balaban J connectivity index is 1.62. The third kappa shape index (κ3) is 5.53. The van der Waals surface area contributed by atoms with E-state index in [-0.39, 0.29) is 22.7 Å². The molecule has 1 aliphatic heterocycles. The molecule has 1 unspecified atom stereocenters. The molecule has 2 aromatic rings. The molecule has 1 fully saturated rings. The van der Waals surface area contributed by atoms with Crippen molar-refractivity contribution >= 4 is 29.4 Å². The van der Waals surface area contributed by atoms with Gasteiger partial charge in [-0.1, -0.05) is 57.2 Å². The minimum absolute atomic E-state index is 0.0211. The summed E-state index contributed by atoms with van der Waals surface area (Å²) in [7, 11) is 3.30. The van der Waals surface area contributed by atoms with E-state index in [4.69, 9.17) is 4.74 Å². The van der Waals surface area contributed by atoms with E-state index in [1.807, 2.05) is 17.0 Å². The molecule has 1 atom stereocenters. The Hall–Kier alpha value is -2.67. The van der Waals surface area contributed by atoms with E-state index in [1.54, 1.807) is 43.0 Å². The Bertz CT molecular complexity index is 924. The third-order valence-corrected chi connectivity index (χ3v) is 6.66. The highest BCUT2D eigenvalue weighted by Crippen LogP contribution is 2.39. The van der Waals surface area contributed by atoms with Crippen molar-refractivity contribution in [2.75, 3.05) is 38.3 Å². The molecule has 3 amide bonds. The summed E-state index contributed by atoms with van der Waals surface area (Å²) < 4.78 is 5.28. The predicted molar refractivity (Wildman–Crippen MR) is 127 cm³/mol. The standard InChI is InChI=1S/C24H31N3O3S/c1-24(2,3)18-12-10-17(11-13-18)22-27(21(28)16-31-22)15-14-26(4)23(29)25-19-8-6-7-9-20(19)30-5/h6-13,22H,14-16H2,1-5H3,(H,25,29). The second kappa shape index (κ2) is 9.64. The molecular formula is C24H31N3O3S. The van der Waals surface area contributed by atoms with Gasteiger partial charge in [-0.15, -0.1) is 11.8 Å². The third-order valence-electron chi connectivity index (χ3n) is 5.40. The molecule has 0 spiro atoms. The molecule has 6 nitrogen and oxygen atoms in total. The number of ether oxygens (including phenoxy) is 1. The molecule has 0 aromatic heterocycles. The first-order chi connectivity index (χ1) is 14.7. The maximum absolute atomic E-state index is 12.6. The maximum Gasteiger partial charge on any atom is 0.321 e. The van der Waals surface area contributed by atoms with Crippen LogP contribution in [-0.4, -0.2) is 54.7 Å². The zero-order valence-corrected chi connectivity index (χ0v) is 19.7. The Morgan fingerprint density at radius 2 is 1.87 bits per heavy atom. The van der Waals surface area contributed by atoms with Crippen molar-refractivity contribution < 1.29 is 14.3 Å². The van der Waals surface area contributed by atoms with Gasteiger partial charge in [0, 0.05) is 20.1 Å².